The van der Waals surface area contributed by atoms with Gasteiger partial charge < -0.3 is 9.47 Å². The van der Waals surface area contributed by atoms with E-state index >= 15 is 0 Å². The molecule has 0 amide bonds. The molecule has 0 saturated carbocycles. The highest BCUT2D eigenvalue weighted by molar-refractivity contribution is 5.94. The molecule has 0 fully saturated rings. The summed E-state index contributed by atoms with van der Waals surface area (Å²) in [4.78, 5) is 11.0. The first-order valence-corrected chi connectivity index (χ1v) is 4.67. The Morgan fingerprint density at radius 1 is 1.40 bits per heavy atom. The zero-order valence-corrected chi connectivity index (χ0v) is 8.90. The van der Waals surface area contributed by atoms with Crippen molar-refractivity contribution in [2.45, 2.75) is 20.1 Å². The van der Waals surface area contributed by atoms with Gasteiger partial charge in [-0.3, -0.25) is 4.79 Å². The molecular formula is C12H14O3. The average Bonchev–Trinajstić information content (AvgIpc) is 2.18. The maximum atomic E-state index is 11.0. The Labute approximate surface area is 89.3 Å². The van der Waals surface area contributed by atoms with Crippen LogP contribution >= 0.6 is 0 Å². The largest absolute Gasteiger partial charge is 0.463 e. The molecular weight excluding hydrogens is 192 g/mol. The zero-order valence-electron chi connectivity index (χ0n) is 8.90. The lowest BCUT2D eigenvalue weighted by molar-refractivity contribution is -0.0131. The monoisotopic (exact) mass is 206 g/mol. The number of Topliss-reactive ketones (excluding diaryl/α,β-unsaturated/α-hetero) is 1. The number of carbonyl (C=O) groups is 1. The van der Waals surface area contributed by atoms with Crippen LogP contribution in [-0.2, 0) is 4.74 Å². The van der Waals surface area contributed by atoms with E-state index in [4.69, 9.17) is 9.47 Å². The molecule has 1 aromatic rings. The summed E-state index contributed by atoms with van der Waals surface area (Å²) in [6, 6.07) is 6.91. The van der Waals surface area contributed by atoms with Crippen molar-refractivity contribution in [3.05, 3.63) is 42.7 Å². The van der Waals surface area contributed by atoms with Crippen LogP contribution in [0.4, 0.5) is 0 Å². The number of hydrogen-bond acceptors (Lipinski definition) is 3. The molecule has 1 atom stereocenters. The van der Waals surface area contributed by atoms with Gasteiger partial charge in [0.2, 0.25) is 6.29 Å². The van der Waals surface area contributed by atoms with Crippen molar-refractivity contribution in [2.24, 2.45) is 0 Å². The second-order valence-electron chi connectivity index (χ2n) is 3.07. The van der Waals surface area contributed by atoms with Crippen LogP contribution in [0.1, 0.15) is 24.2 Å². The lowest BCUT2D eigenvalue weighted by Crippen LogP contribution is -2.12. The van der Waals surface area contributed by atoms with Gasteiger partial charge in [-0.15, -0.1) is 0 Å². The van der Waals surface area contributed by atoms with E-state index < -0.39 is 0 Å². The molecule has 0 spiro atoms. The summed E-state index contributed by atoms with van der Waals surface area (Å²) in [6.07, 6.45) is 0.944. The van der Waals surface area contributed by atoms with Crippen LogP contribution in [0.2, 0.25) is 0 Å². The second-order valence-corrected chi connectivity index (χ2v) is 3.07. The van der Waals surface area contributed by atoms with E-state index in [1.165, 1.54) is 13.2 Å². The number of rotatable bonds is 5. The second kappa shape index (κ2) is 5.20. The van der Waals surface area contributed by atoms with Gasteiger partial charge in [0, 0.05) is 12.5 Å². The van der Waals surface area contributed by atoms with Crippen LogP contribution in [0.3, 0.4) is 0 Å². The van der Waals surface area contributed by atoms with Gasteiger partial charge in [-0.2, -0.15) is 0 Å². The van der Waals surface area contributed by atoms with Crippen molar-refractivity contribution in [2.75, 3.05) is 0 Å². The maximum absolute atomic E-state index is 11.0. The first-order chi connectivity index (χ1) is 7.13. The van der Waals surface area contributed by atoms with Crippen LogP contribution in [0.5, 0.6) is 5.75 Å². The summed E-state index contributed by atoms with van der Waals surface area (Å²) in [7, 11) is 0. The van der Waals surface area contributed by atoms with Crippen molar-refractivity contribution >= 4 is 5.78 Å². The number of carbonyl (C=O) groups excluding carboxylic acids is 1. The minimum atomic E-state index is -0.384. The standard InChI is InChI=1S/C12H14O3/c1-4-14-10(3)15-12-7-5-11(6-8-12)9(2)13/h4-8,10H,1H2,2-3H3. The van der Waals surface area contributed by atoms with Crippen LogP contribution < -0.4 is 4.74 Å². The fourth-order valence-electron chi connectivity index (χ4n) is 1.12. The molecule has 1 unspecified atom stereocenters. The van der Waals surface area contributed by atoms with Gasteiger partial charge in [0.15, 0.2) is 5.78 Å². The molecule has 0 aliphatic carbocycles. The van der Waals surface area contributed by atoms with E-state index in [0.717, 1.165) is 0 Å². The quantitative estimate of drug-likeness (QED) is 0.422. The Morgan fingerprint density at radius 2 is 2.00 bits per heavy atom. The van der Waals surface area contributed by atoms with Crippen LogP contribution in [0, 0.1) is 0 Å². The first kappa shape index (κ1) is 11.3. The smallest absolute Gasteiger partial charge is 0.237 e. The third-order valence-corrected chi connectivity index (χ3v) is 1.85. The molecule has 1 rings (SSSR count). The van der Waals surface area contributed by atoms with Crippen LogP contribution in [-0.4, -0.2) is 12.1 Å². The number of ether oxygens (including phenoxy) is 2. The molecule has 0 saturated heterocycles. The maximum Gasteiger partial charge on any atom is 0.237 e. The van der Waals surface area contributed by atoms with E-state index in [9.17, 15) is 4.79 Å². The third kappa shape index (κ3) is 3.46. The van der Waals surface area contributed by atoms with E-state index in [0.29, 0.717) is 11.3 Å². The Morgan fingerprint density at radius 3 is 2.47 bits per heavy atom. The normalized spacial score (nSPS) is 11.6. The van der Waals surface area contributed by atoms with Gasteiger partial charge in [-0.05, 0) is 31.2 Å². The van der Waals surface area contributed by atoms with Gasteiger partial charge in [-0.25, -0.2) is 0 Å². The summed E-state index contributed by atoms with van der Waals surface area (Å²) in [6.45, 7) is 6.72. The van der Waals surface area contributed by atoms with Crippen molar-refractivity contribution in [3.63, 3.8) is 0 Å². The van der Waals surface area contributed by atoms with Crippen molar-refractivity contribution in [1.82, 2.24) is 0 Å². The van der Waals surface area contributed by atoms with E-state index in [-0.39, 0.29) is 12.1 Å². The summed E-state index contributed by atoms with van der Waals surface area (Å²) >= 11 is 0. The number of hydrogen-bond donors (Lipinski definition) is 0. The summed E-state index contributed by atoms with van der Waals surface area (Å²) in [5, 5.41) is 0. The Bertz CT molecular complexity index is 340. The molecule has 3 heteroatoms. The van der Waals surface area contributed by atoms with Crippen LogP contribution in [0.15, 0.2) is 37.1 Å². The minimum Gasteiger partial charge on any atom is -0.463 e. The van der Waals surface area contributed by atoms with Gasteiger partial charge in [0.25, 0.3) is 0 Å². The van der Waals surface area contributed by atoms with Crippen molar-refractivity contribution in [1.29, 1.82) is 0 Å². The van der Waals surface area contributed by atoms with Gasteiger partial charge in [0.05, 0.1) is 6.26 Å². The molecule has 0 aliphatic rings. The molecule has 1 aromatic carbocycles. The molecule has 0 radical (unpaired) electrons. The predicted octanol–water partition coefficient (Wildman–Crippen LogP) is 2.77. The molecule has 15 heavy (non-hydrogen) atoms. The SMILES string of the molecule is C=COC(C)Oc1ccc(C(C)=O)cc1. The topological polar surface area (TPSA) is 35.5 Å². The minimum absolute atomic E-state index is 0.0388. The van der Waals surface area contributed by atoms with Crippen molar-refractivity contribution in [3.8, 4) is 5.75 Å². The van der Waals surface area contributed by atoms with E-state index in [1.54, 1.807) is 31.2 Å². The molecule has 0 aromatic heterocycles. The van der Waals surface area contributed by atoms with Gasteiger partial charge >= 0.3 is 0 Å². The van der Waals surface area contributed by atoms with Gasteiger partial charge in [0.1, 0.15) is 5.75 Å². The zero-order chi connectivity index (χ0) is 11.3. The number of ketones is 1. The van der Waals surface area contributed by atoms with Gasteiger partial charge in [-0.1, -0.05) is 6.58 Å². The lowest BCUT2D eigenvalue weighted by Gasteiger charge is -2.13. The number of benzene rings is 1. The summed E-state index contributed by atoms with van der Waals surface area (Å²) in [5.74, 6) is 0.700. The molecule has 0 N–H and O–H groups in total. The predicted molar refractivity (Wildman–Crippen MR) is 57.8 cm³/mol. The van der Waals surface area contributed by atoms with E-state index in [1.807, 2.05) is 0 Å². The molecule has 0 bridgehead atoms. The molecule has 0 aliphatic heterocycles. The highest BCUT2D eigenvalue weighted by Gasteiger charge is 2.03. The highest BCUT2D eigenvalue weighted by Crippen LogP contribution is 2.14. The summed E-state index contributed by atoms with van der Waals surface area (Å²) < 4.78 is 10.4. The fraction of sp³-hybridized carbons (Fsp3) is 0.250. The highest BCUT2D eigenvalue weighted by atomic mass is 16.7. The average molecular weight is 206 g/mol. The third-order valence-electron chi connectivity index (χ3n) is 1.85. The Kier molecular flexibility index (Phi) is 3.92. The Hall–Kier alpha value is -1.77. The lowest BCUT2D eigenvalue weighted by atomic mass is 10.1. The molecule has 80 valence electrons. The molecule has 0 heterocycles. The summed E-state index contributed by atoms with van der Waals surface area (Å²) in [5.41, 5.74) is 0.666. The molecule has 3 nitrogen and oxygen atoms in total. The first-order valence-electron chi connectivity index (χ1n) is 4.67. The van der Waals surface area contributed by atoms with E-state index in [2.05, 4.69) is 6.58 Å². The Balaban J connectivity index is 2.64. The van der Waals surface area contributed by atoms with Crippen molar-refractivity contribution < 1.29 is 14.3 Å². The fourth-order valence-corrected chi connectivity index (χ4v) is 1.12. The van der Waals surface area contributed by atoms with Crippen LogP contribution in [0.25, 0.3) is 0 Å².